The van der Waals surface area contributed by atoms with Crippen LogP contribution in [0.2, 0.25) is 0 Å². The summed E-state index contributed by atoms with van der Waals surface area (Å²) < 4.78 is 11.4. The lowest BCUT2D eigenvalue weighted by molar-refractivity contribution is -0.114. The van der Waals surface area contributed by atoms with Crippen molar-refractivity contribution in [1.82, 2.24) is 0 Å². The molecule has 0 aromatic heterocycles. The highest BCUT2D eigenvalue weighted by Crippen LogP contribution is 2.19. The van der Waals surface area contributed by atoms with Crippen LogP contribution >= 0.6 is 0 Å². The van der Waals surface area contributed by atoms with Gasteiger partial charge < -0.3 is 20.1 Å². The Kier molecular flexibility index (Phi) is 8.49. The second-order valence-electron chi connectivity index (χ2n) is 6.49. The maximum absolute atomic E-state index is 12.2. The molecule has 0 radical (unpaired) electrons. The number of ether oxygens (including phenoxy) is 2. The summed E-state index contributed by atoms with van der Waals surface area (Å²) in [5, 5.41) is 6.00. The number of hydrogen-bond acceptors (Lipinski definition) is 4. The van der Waals surface area contributed by atoms with E-state index in [1.807, 2.05) is 55.5 Å². The molecule has 27 heavy (non-hydrogen) atoms. The molecule has 5 nitrogen and oxygen atoms in total. The van der Waals surface area contributed by atoms with Crippen LogP contribution in [-0.4, -0.2) is 25.2 Å². The van der Waals surface area contributed by atoms with E-state index < -0.39 is 0 Å². The fourth-order valence-electron chi connectivity index (χ4n) is 2.35. The summed E-state index contributed by atoms with van der Waals surface area (Å²) in [6.07, 6.45) is 3.26. The van der Waals surface area contributed by atoms with E-state index in [-0.39, 0.29) is 18.6 Å². The third-order valence-electron chi connectivity index (χ3n) is 4.10. The van der Waals surface area contributed by atoms with Gasteiger partial charge in [-0.15, -0.1) is 0 Å². The van der Waals surface area contributed by atoms with Crippen molar-refractivity contribution < 1.29 is 14.3 Å². The summed E-state index contributed by atoms with van der Waals surface area (Å²) >= 11 is 0. The number of benzene rings is 2. The number of carbonyl (C=O) groups is 1. The second-order valence-corrected chi connectivity index (χ2v) is 6.49. The fourth-order valence-corrected chi connectivity index (χ4v) is 2.35. The lowest BCUT2D eigenvalue weighted by Crippen LogP contribution is -2.21. The molecule has 1 amide bonds. The van der Waals surface area contributed by atoms with Gasteiger partial charge in [0.15, 0.2) is 0 Å². The molecule has 1 atom stereocenters. The smallest absolute Gasteiger partial charge is 0.243 e. The van der Waals surface area contributed by atoms with Gasteiger partial charge in [-0.1, -0.05) is 26.3 Å². The summed E-state index contributed by atoms with van der Waals surface area (Å²) in [5.41, 5.74) is 1.60. The summed E-state index contributed by atoms with van der Waals surface area (Å²) in [7, 11) is 0. The van der Waals surface area contributed by atoms with Gasteiger partial charge in [-0.3, -0.25) is 4.79 Å². The van der Waals surface area contributed by atoms with Crippen LogP contribution in [0.5, 0.6) is 11.5 Å². The number of anilines is 2. The van der Waals surface area contributed by atoms with Gasteiger partial charge in [0.05, 0.1) is 19.3 Å². The highest BCUT2D eigenvalue weighted by molar-refractivity contribution is 5.93. The standard InChI is InChI=1S/C22H30N2O3/c1-4-6-14-26-21-9-7-8-19(15-21)24-22(25)16-23-18-10-12-20(13-11-18)27-17(3)5-2/h7-13,15,17,23H,4-6,14,16H2,1-3H3,(H,24,25). The number of rotatable bonds is 11. The Balaban J connectivity index is 1.79. The van der Waals surface area contributed by atoms with Crippen molar-refractivity contribution in [3.05, 3.63) is 48.5 Å². The maximum Gasteiger partial charge on any atom is 0.243 e. The van der Waals surface area contributed by atoms with Crippen LogP contribution in [0.4, 0.5) is 11.4 Å². The summed E-state index contributed by atoms with van der Waals surface area (Å²) in [5.74, 6) is 1.49. The minimum atomic E-state index is -0.111. The van der Waals surface area contributed by atoms with Crippen LogP contribution in [0.25, 0.3) is 0 Å². The Labute approximate surface area is 162 Å². The van der Waals surface area contributed by atoms with E-state index in [4.69, 9.17) is 9.47 Å². The zero-order chi connectivity index (χ0) is 19.5. The van der Waals surface area contributed by atoms with Crippen molar-refractivity contribution in [1.29, 1.82) is 0 Å². The highest BCUT2D eigenvalue weighted by Gasteiger charge is 2.05. The van der Waals surface area contributed by atoms with Gasteiger partial charge in [0, 0.05) is 17.4 Å². The van der Waals surface area contributed by atoms with Crippen molar-refractivity contribution in [3.8, 4) is 11.5 Å². The lowest BCUT2D eigenvalue weighted by Gasteiger charge is -2.13. The van der Waals surface area contributed by atoms with E-state index in [1.54, 1.807) is 0 Å². The minimum absolute atomic E-state index is 0.111. The third-order valence-corrected chi connectivity index (χ3v) is 4.10. The molecule has 0 bridgehead atoms. The van der Waals surface area contributed by atoms with Crippen LogP contribution < -0.4 is 20.1 Å². The third kappa shape index (κ3) is 7.60. The van der Waals surface area contributed by atoms with E-state index in [1.165, 1.54) is 0 Å². The van der Waals surface area contributed by atoms with Crippen LogP contribution in [0.3, 0.4) is 0 Å². The quantitative estimate of drug-likeness (QED) is 0.541. The predicted molar refractivity (Wildman–Crippen MR) is 111 cm³/mol. The van der Waals surface area contributed by atoms with Gasteiger partial charge in [-0.25, -0.2) is 0 Å². The molecule has 2 aromatic rings. The number of hydrogen-bond donors (Lipinski definition) is 2. The van der Waals surface area contributed by atoms with Crippen molar-refractivity contribution in [2.75, 3.05) is 23.8 Å². The topological polar surface area (TPSA) is 59.6 Å². The molecule has 0 heterocycles. The molecule has 0 saturated heterocycles. The van der Waals surface area contributed by atoms with Gasteiger partial charge >= 0.3 is 0 Å². The van der Waals surface area contributed by atoms with Crippen molar-refractivity contribution in [2.45, 2.75) is 46.1 Å². The van der Waals surface area contributed by atoms with Crippen LogP contribution in [-0.2, 0) is 4.79 Å². The first-order valence-electron chi connectivity index (χ1n) is 9.64. The molecule has 0 aliphatic heterocycles. The largest absolute Gasteiger partial charge is 0.494 e. The zero-order valence-corrected chi connectivity index (χ0v) is 16.5. The molecule has 0 aliphatic rings. The monoisotopic (exact) mass is 370 g/mol. The van der Waals surface area contributed by atoms with Crippen molar-refractivity contribution >= 4 is 17.3 Å². The molecule has 2 rings (SSSR count). The average Bonchev–Trinajstić information content (AvgIpc) is 2.68. The number of unbranched alkanes of at least 4 members (excludes halogenated alkanes) is 1. The lowest BCUT2D eigenvalue weighted by atomic mass is 10.2. The van der Waals surface area contributed by atoms with Crippen LogP contribution in [0.15, 0.2) is 48.5 Å². The molecule has 1 unspecified atom stereocenters. The first kappa shape index (κ1) is 20.6. The number of amides is 1. The molecule has 2 aromatic carbocycles. The number of nitrogens with one attached hydrogen (secondary N) is 2. The van der Waals surface area contributed by atoms with Gasteiger partial charge in [0.2, 0.25) is 5.91 Å². The molecule has 0 aliphatic carbocycles. The van der Waals surface area contributed by atoms with E-state index >= 15 is 0 Å². The Morgan fingerprint density at radius 2 is 1.81 bits per heavy atom. The van der Waals surface area contributed by atoms with E-state index in [0.717, 1.165) is 42.1 Å². The normalized spacial score (nSPS) is 11.5. The predicted octanol–water partition coefficient (Wildman–Crippen LogP) is 5.09. The maximum atomic E-state index is 12.2. The van der Waals surface area contributed by atoms with Gasteiger partial charge in [0.1, 0.15) is 11.5 Å². The van der Waals surface area contributed by atoms with Crippen LogP contribution in [0, 0.1) is 0 Å². The molecule has 0 fully saturated rings. The summed E-state index contributed by atoms with van der Waals surface area (Å²) in [6.45, 7) is 7.13. The Morgan fingerprint density at radius 3 is 2.52 bits per heavy atom. The summed E-state index contributed by atoms with van der Waals surface area (Å²) in [6, 6.07) is 15.1. The first-order valence-corrected chi connectivity index (χ1v) is 9.64. The highest BCUT2D eigenvalue weighted by atomic mass is 16.5. The van der Waals surface area contributed by atoms with Gasteiger partial charge in [-0.05, 0) is 56.2 Å². The van der Waals surface area contributed by atoms with Gasteiger partial charge in [-0.2, -0.15) is 0 Å². The molecule has 5 heteroatoms. The molecule has 0 spiro atoms. The van der Waals surface area contributed by atoms with E-state index in [9.17, 15) is 4.79 Å². The second kappa shape index (κ2) is 11.1. The fraction of sp³-hybridized carbons (Fsp3) is 0.409. The van der Waals surface area contributed by atoms with Crippen molar-refractivity contribution in [3.63, 3.8) is 0 Å². The average molecular weight is 370 g/mol. The summed E-state index contributed by atoms with van der Waals surface area (Å²) in [4.78, 5) is 12.2. The molecule has 146 valence electrons. The Bertz CT molecular complexity index is 701. The van der Waals surface area contributed by atoms with E-state index in [0.29, 0.717) is 6.61 Å². The minimum Gasteiger partial charge on any atom is -0.494 e. The molecular weight excluding hydrogens is 340 g/mol. The number of carbonyl (C=O) groups excluding carboxylic acids is 1. The Hall–Kier alpha value is -2.69. The molecule has 2 N–H and O–H groups in total. The van der Waals surface area contributed by atoms with Gasteiger partial charge in [0.25, 0.3) is 0 Å². The zero-order valence-electron chi connectivity index (χ0n) is 16.5. The molecule has 0 saturated carbocycles. The SMILES string of the molecule is CCCCOc1cccc(NC(=O)CNc2ccc(OC(C)CC)cc2)c1. The van der Waals surface area contributed by atoms with E-state index in [2.05, 4.69) is 24.5 Å². The Morgan fingerprint density at radius 1 is 1.04 bits per heavy atom. The van der Waals surface area contributed by atoms with Crippen molar-refractivity contribution in [2.24, 2.45) is 0 Å². The first-order chi connectivity index (χ1) is 13.1. The molecular formula is C22H30N2O3. The van der Waals surface area contributed by atoms with Crippen LogP contribution in [0.1, 0.15) is 40.0 Å².